The summed E-state index contributed by atoms with van der Waals surface area (Å²) < 4.78 is 41.1. The van der Waals surface area contributed by atoms with Crippen molar-refractivity contribution < 1.29 is 28.2 Å². The van der Waals surface area contributed by atoms with Crippen molar-refractivity contribution in [1.82, 2.24) is 25.0 Å². The van der Waals surface area contributed by atoms with E-state index in [4.69, 9.17) is 0 Å². The highest BCUT2D eigenvalue weighted by atomic mass is 32.1. The number of aromatic nitrogens is 3. The Morgan fingerprint density at radius 1 is 1.26 bits per heavy atom. The number of hydrogen-bond donors (Lipinski definition) is 4. The minimum atomic E-state index is -4.51. The number of carbonyl (C=O) groups is 1. The molecule has 2 aromatic heterocycles. The van der Waals surface area contributed by atoms with Crippen molar-refractivity contribution >= 4 is 34.0 Å². The highest BCUT2D eigenvalue weighted by Crippen LogP contribution is 2.41. The van der Waals surface area contributed by atoms with Crippen molar-refractivity contribution in [3.8, 4) is 0 Å². The molecule has 4 N–H and O–H groups in total. The third kappa shape index (κ3) is 5.51. The van der Waals surface area contributed by atoms with E-state index in [-0.39, 0.29) is 42.8 Å². The number of rotatable bonds is 8. The highest BCUT2D eigenvalue weighted by molar-refractivity contribution is 7.11. The van der Waals surface area contributed by atoms with Gasteiger partial charge in [-0.25, -0.2) is 4.98 Å². The normalized spacial score (nSPS) is 22.9. The molecule has 0 bridgehead atoms. The lowest BCUT2D eigenvalue weighted by molar-refractivity contribution is -0.137. The summed E-state index contributed by atoms with van der Waals surface area (Å²) in [5.41, 5.74) is -1.22. The first-order valence-corrected chi connectivity index (χ1v) is 13.5. The maximum absolute atomic E-state index is 13.2. The van der Waals surface area contributed by atoms with Crippen LogP contribution in [0.15, 0.2) is 24.4 Å². The molecule has 1 saturated heterocycles. The number of fused-ring (bicyclic) bond motifs is 1. The van der Waals surface area contributed by atoms with Crippen LogP contribution in [-0.2, 0) is 23.1 Å². The molecule has 5 rings (SSSR count). The Kier molecular flexibility index (Phi) is 7.37. The van der Waals surface area contributed by atoms with Crippen LogP contribution in [0.1, 0.15) is 41.1 Å². The van der Waals surface area contributed by atoms with Crippen LogP contribution in [0.2, 0.25) is 0 Å². The number of nitrogens with zero attached hydrogens (tertiary/aromatic N) is 4. The maximum atomic E-state index is 13.2. The molecule has 206 valence electrons. The Hall–Kier alpha value is -2.74. The Balaban J connectivity index is 1.12. The van der Waals surface area contributed by atoms with Gasteiger partial charge in [-0.05, 0) is 50.8 Å². The molecular weight excluding hydrogens is 521 g/mol. The van der Waals surface area contributed by atoms with Gasteiger partial charge in [-0.3, -0.25) is 14.4 Å². The zero-order valence-corrected chi connectivity index (χ0v) is 21.8. The summed E-state index contributed by atoms with van der Waals surface area (Å²) in [5, 5.41) is 31.4. The Labute approximate surface area is 221 Å². The van der Waals surface area contributed by atoms with Gasteiger partial charge in [0.05, 0.1) is 36.8 Å². The van der Waals surface area contributed by atoms with Crippen LogP contribution < -0.4 is 10.6 Å². The predicted molar refractivity (Wildman–Crippen MR) is 137 cm³/mol. The fraction of sp³-hybridized carbons (Fsp3) is 0.560. The van der Waals surface area contributed by atoms with Crippen LogP contribution in [0.4, 0.5) is 19.0 Å². The number of hydrogen-bond acceptors (Lipinski definition) is 8. The van der Waals surface area contributed by atoms with Gasteiger partial charge in [0, 0.05) is 35.6 Å². The highest BCUT2D eigenvalue weighted by Gasteiger charge is 2.41. The van der Waals surface area contributed by atoms with Gasteiger partial charge < -0.3 is 20.8 Å². The van der Waals surface area contributed by atoms with E-state index >= 15 is 0 Å². The summed E-state index contributed by atoms with van der Waals surface area (Å²) in [6, 6.07) is 3.64. The molecule has 38 heavy (non-hydrogen) atoms. The molecule has 1 aliphatic carbocycles. The number of aryl methyl sites for hydroxylation is 1. The molecule has 1 aliphatic heterocycles. The summed E-state index contributed by atoms with van der Waals surface area (Å²) in [4.78, 5) is 20.3. The lowest BCUT2D eigenvalue weighted by Crippen LogP contribution is -2.63. The first-order valence-electron chi connectivity index (χ1n) is 12.7. The number of halogens is 3. The molecule has 9 nitrogen and oxygen atoms in total. The second-order valence-corrected chi connectivity index (χ2v) is 11.4. The quantitative estimate of drug-likeness (QED) is 0.340. The van der Waals surface area contributed by atoms with E-state index in [0.717, 1.165) is 34.9 Å². The molecule has 3 aromatic rings. The average Bonchev–Trinajstić information content (AvgIpc) is 3.44. The minimum absolute atomic E-state index is 0.00718. The van der Waals surface area contributed by atoms with E-state index in [1.54, 1.807) is 17.5 Å². The van der Waals surface area contributed by atoms with Gasteiger partial charge in [-0.1, -0.05) is 0 Å². The third-order valence-electron chi connectivity index (χ3n) is 7.40. The Morgan fingerprint density at radius 3 is 2.63 bits per heavy atom. The van der Waals surface area contributed by atoms with Gasteiger partial charge in [0.15, 0.2) is 5.82 Å². The fourth-order valence-corrected chi connectivity index (χ4v) is 6.24. The largest absolute Gasteiger partial charge is 0.416 e. The Morgan fingerprint density at radius 2 is 2.00 bits per heavy atom. The number of anilines is 1. The van der Waals surface area contributed by atoms with Crippen molar-refractivity contribution in [1.29, 1.82) is 0 Å². The summed E-state index contributed by atoms with van der Waals surface area (Å²) in [5.74, 6) is -0.112. The van der Waals surface area contributed by atoms with Gasteiger partial charge in [0.25, 0.3) is 0 Å². The van der Waals surface area contributed by atoms with Crippen LogP contribution in [0.25, 0.3) is 10.9 Å². The molecule has 2 fully saturated rings. The van der Waals surface area contributed by atoms with Crippen LogP contribution in [0.5, 0.6) is 0 Å². The summed E-state index contributed by atoms with van der Waals surface area (Å²) in [6.07, 6.45) is 0.338. The molecule has 1 amide bonds. The summed E-state index contributed by atoms with van der Waals surface area (Å²) in [7, 11) is 0. The third-order valence-corrected chi connectivity index (χ3v) is 8.51. The van der Waals surface area contributed by atoms with Crippen molar-refractivity contribution in [3.63, 3.8) is 0 Å². The summed E-state index contributed by atoms with van der Waals surface area (Å²) >= 11 is 1.54. The van der Waals surface area contributed by atoms with E-state index < -0.39 is 17.3 Å². The number of thiazole rings is 1. The topological polar surface area (TPSA) is 116 Å². The van der Waals surface area contributed by atoms with E-state index in [0.29, 0.717) is 37.5 Å². The van der Waals surface area contributed by atoms with E-state index in [9.17, 15) is 28.2 Å². The van der Waals surface area contributed by atoms with E-state index in [1.807, 2.05) is 6.92 Å². The summed E-state index contributed by atoms with van der Waals surface area (Å²) in [6.45, 7) is 3.18. The molecule has 0 atom stereocenters. The lowest BCUT2D eigenvalue weighted by atomic mass is 9.81. The molecule has 1 aromatic carbocycles. The molecule has 0 unspecified atom stereocenters. The maximum Gasteiger partial charge on any atom is 0.416 e. The van der Waals surface area contributed by atoms with Crippen molar-refractivity contribution in [2.75, 3.05) is 31.6 Å². The second-order valence-electron chi connectivity index (χ2n) is 10.1. The van der Waals surface area contributed by atoms with Crippen LogP contribution >= 0.6 is 11.3 Å². The molecule has 13 heteroatoms. The number of alkyl halides is 3. The van der Waals surface area contributed by atoms with Gasteiger partial charge >= 0.3 is 6.18 Å². The predicted octanol–water partition coefficient (Wildman–Crippen LogP) is 2.86. The van der Waals surface area contributed by atoms with Crippen molar-refractivity contribution in [2.45, 2.75) is 63.0 Å². The number of likely N-dealkylation sites (tertiary alicyclic amines) is 1. The zero-order chi connectivity index (χ0) is 27.1. The number of carbonyl (C=O) groups excluding carboxylic acids is 1. The number of aliphatic hydroxyl groups excluding tert-OH is 1. The van der Waals surface area contributed by atoms with Crippen LogP contribution in [0, 0.1) is 6.92 Å². The molecule has 0 spiro atoms. The fourth-order valence-electron chi connectivity index (χ4n) is 5.33. The lowest BCUT2D eigenvalue weighted by Gasteiger charge is -2.47. The van der Waals surface area contributed by atoms with E-state index in [2.05, 4.69) is 25.6 Å². The first-order chi connectivity index (χ1) is 18.1. The van der Waals surface area contributed by atoms with Gasteiger partial charge in [-0.15, -0.1) is 11.3 Å². The minimum Gasteiger partial charge on any atom is -0.394 e. The molecule has 3 heterocycles. The smallest absolute Gasteiger partial charge is 0.394 e. The van der Waals surface area contributed by atoms with Crippen LogP contribution in [-0.4, -0.2) is 74.1 Å². The van der Waals surface area contributed by atoms with Gasteiger partial charge in [0.2, 0.25) is 5.91 Å². The number of nitrogens with one attached hydrogen (secondary N) is 2. The molecule has 2 aliphatic rings. The Bertz CT molecular complexity index is 1300. The molecule has 1 saturated carbocycles. The zero-order valence-electron chi connectivity index (χ0n) is 21.0. The SMILES string of the molecule is Cc1cnc([C@]2(O)CC[C@H](N3CC(NC(=O)CNc4nn(CCO)c5ccc(C(F)(F)F)cc45)C3)CC2)s1. The number of benzene rings is 1. The van der Waals surface area contributed by atoms with Gasteiger partial charge in [0.1, 0.15) is 10.6 Å². The van der Waals surface area contributed by atoms with E-state index in [1.165, 1.54) is 10.7 Å². The molecular formula is C25H31F3N6O3S. The standard InChI is InChI=1S/C25H31F3N6O3S/c1-15-11-30-23(38-15)24(37)6-4-18(5-7-24)33-13-17(14-33)31-21(36)12-29-22-19-10-16(25(26,27)28)2-3-20(19)34(32-22)8-9-35/h2-3,10-11,17-18,35,37H,4-9,12-14H2,1H3,(H,29,32)(H,31,36)/t18-,24-. The average molecular weight is 553 g/mol. The van der Waals surface area contributed by atoms with Gasteiger partial charge in [-0.2, -0.15) is 18.3 Å². The monoisotopic (exact) mass is 552 g/mol. The van der Waals surface area contributed by atoms with Crippen molar-refractivity contribution in [3.05, 3.63) is 39.8 Å². The van der Waals surface area contributed by atoms with Crippen LogP contribution in [0.3, 0.4) is 0 Å². The first kappa shape index (κ1) is 26.9. The number of amides is 1. The van der Waals surface area contributed by atoms with Crippen molar-refractivity contribution in [2.24, 2.45) is 0 Å². The molecule has 0 radical (unpaired) electrons. The second kappa shape index (κ2) is 10.4. The number of aliphatic hydroxyl groups is 2.